The van der Waals surface area contributed by atoms with Gasteiger partial charge in [-0.1, -0.05) is 6.07 Å². The molecule has 5 heteroatoms. The SMILES string of the molecule is CN1CCC(c2ccc3ncc(-c4cn[nH]c4)n3c2)CC1. The van der Waals surface area contributed by atoms with Crippen molar-refractivity contribution in [2.75, 3.05) is 20.1 Å². The largest absolute Gasteiger partial charge is 0.306 e. The van der Waals surface area contributed by atoms with Crippen molar-refractivity contribution in [3.8, 4) is 11.3 Å². The number of aromatic amines is 1. The molecule has 0 aromatic carbocycles. The normalized spacial score (nSPS) is 17.6. The van der Waals surface area contributed by atoms with Crippen molar-refractivity contribution in [1.29, 1.82) is 0 Å². The number of fused-ring (bicyclic) bond motifs is 1. The molecule has 0 saturated carbocycles. The van der Waals surface area contributed by atoms with Gasteiger partial charge in [0.1, 0.15) is 5.65 Å². The summed E-state index contributed by atoms with van der Waals surface area (Å²) >= 11 is 0. The van der Waals surface area contributed by atoms with E-state index in [1.807, 2.05) is 18.6 Å². The Morgan fingerprint density at radius 2 is 2.05 bits per heavy atom. The molecule has 0 unspecified atom stereocenters. The van der Waals surface area contributed by atoms with E-state index in [0.29, 0.717) is 5.92 Å². The van der Waals surface area contributed by atoms with Crippen LogP contribution in [0.2, 0.25) is 0 Å². The summed E-state index contributed by atoms with van der Waals surface area (Å²) in [5.74, 6) is 0.658. The molecule has 1 aliphatic rings. The first-order valence-corrected chi connectivity index (χ1v) is 7.46. The van der Waals surface area contributed by atoms with Gasteiger partial charge in [0, 0.05) is 18.0 Å². The van der Waals surface area contributed by atoms with Gasteiger partial charge in [-0.25, -0.2) is 4.98 Å². The quantitative estimate of drug-likeness (QED) is 0.785. The van der Waals surface area contributed by atoms with Crippen LogP contribution in [0, 0.1) is 0 Å². The molecule has 108 valence electrons. The maximum Gasteiger partial charge on any atom is 0.137 e. The summed E-state index contributed by atoms with van der Waals surface area (Å²) in [5, 5.41) is 6.90. The van der Waals surface area contributed by atoms with Gasteiger partial charge in [-0.2, -0.15) is 5.10 Å². The van der Waals surface area contributed by atoms with Crippen molar-refractivity contribution in [3.63, 3.8) is 0 Å². The summed E-state index contributed by atoms with van der Waals surface area (Å²) in [6.07, 6.45) is 10.4. The lowest BCUT2D eigenvalue weighted by molar-refractivity contribution is 0.255. The highest BCUT2D eigenvalue weighted by Gasteiger charge is 2.19. The number of piperidine rings is 1. The highest BCUT2D eigenvalue weighted by atomic mass is 15.1. The molecule has 0 atom stereocenters. The lowest BCUT2D eigenvalue weighted by Crippen LogP contribution is -2.29. The van der Waals surface area contributed by atoms with E-state index in [1.54, 1.807) is 0 Å². The zero-order valence-corrected chi connectivity index (χ0v) is 12.2. The molecule has 4 heterocycles. The molecule has 0 bridgehead atoms. The molecule has 3 aromatic rings. The summed E-state index contributed by atoms with van der Waals surface area (Å²) in [6.45, 7) is 2.36. The molecule has 1 fully saturated rings. The second-order valence-corrected chi connectivity index (χ2v) is 5.90. The van der Waals surface area contributed by atoms with E-state index >= 15 is 0 Å². The topological polar surface area (TPSA) is 49.2 Å². The third-order valence-corrected chi connectivity index (χ3v) is 4.51. The van der Waals surface area contributed by atoms with Gasteiger partial charge in [-0.3, -0.25) is 9.50 Å². The van der Waals surface area contributed by atoms with Crippen molar-refractivity contribution < 1.29 is 0 Å². The molecular weight excluding hydrogens is 262 g/mol. The number of pyridine rings is 1. The molecule has 21 heavy (non-hydrogen) atoms. The number of hydrogen-bond acceptors (Lipinski definition) is 3. The fourth-order valence-electron chi connectivity index (χ4n) is 3.18. The predicted molar refractivity (Wildman–Crippen MR) is 82.2 cm³/mol. The number of H-pyrrole nitrogens is 1. The molecule has 1 saturated heterocycles. The van der Waals surface area contributed by atoms with E-state index < -0.39 is 0 Å². The smallest absolute Gasteiger partial charge is 0.137 e. The van der Waals surface area contributed by atoms with Gasteiger partial charge in [-0.05, 0) is 50.5 Å². The Bertz CT molecular complexity index is 735. The van der Waals surface area contributed by atoms with Crippen LogP contribution in [0.4, 0.5) is 0 Å². The summed E-state index contributed by atoms with van der Waals surface area (Å²) in [7, 11) is 2.20. The molecule has 0 spiro atoms. The van der Waals surface area contributed by atoms with Gasteiger partial charge in [0.25, 0.3) is 0 Å². The Balaban J connectivity index is 1.73. The van der Waals surface area contributed by atoms with Gasteiger partial charge in [0.2, 0.25) is 0 Å². The minimum atomic E-state index is 0.658. The predicted octanol–water partition coefficient (Wildman–Crippen LogP) is 2.53. The second-order valence-electron chi connectivity index (χ2n) is 5.90. The fraction of sp³-hybridized carbons (Fsp3) is 0.375. The number of hydrogen-bond donors (Lipinski definition) is 1. The third-order valence-electron chi connectivity index (χ3n) is 4.51. The molecule has 1 aliphatic heterocycles. The Kier molecular flexibility index (Phi) is 3.00. The Labute approximate surface area is 123 Å². The Morgan fingerprint density at radius 1 is 1.19 bits per heavy atom. The van der Waals surface area contributed by atoms with Gasteiger partial charge in [-0.15, -0.1) is 0 Å². The van der Waals surface area contributed by atoms with Crippen molar-refractivity contribution in [1.82, 2.24) is 24.5 Å². The van der Waals surface area contributed by atoms with E-state index in [-0.39, 0.29) is 0 Å². The molecule has 3 aromatic heterocycles. The van der Waals surface area contributed by atoms with Crippen LogP contribution in [-0.2, 0) is 0 Å². The lowest BCUT2D eigenvalue weighted by atomic mass is 9.91. The summed E-state index contributed by atoms with van der Waals surface area (Å²) in [5.41, 5.74) is 4.57. The van der Waals surface area contributed by atoms with E-state index in [9.17, 15) is 0 Å². The van der Waals surface area contributed by atoms with Crippen molar-refractivity contribution in [2.45, 2.75) is 18.8 Å². The lowest BCUT2D eigenvalue weighted by Gasteiger charge is -2.29. The zero-order chi connectivity index (χ0) is 14.2. The van der Waals surface area contributed by atoms with Crippen LogP contribution in [-0.4, -0.2) is 44.6 Å². The number of nitrogens with zero attached hydrogens (tertiary/aromatic N) is 4. The van der Waals surface area contributed by atoms with Gasteiger partial charge in [0.15, 0.2) is 0 Å². The Morgan fingerprint density at radius 3 is 2.81 bits per heavy atom. The molecular formula is C16H19N5. The zero-order valence-electron chi connectivity index (χ0n) is 12.2. The second kappa shape index (κ2) is 5.00. The average Bonchev–Trinajstić information content (AvgIpc) is 3.16. The number of aromatic nitrogens is 4. The molecule has 5 nitrogen and oxygen atoms in total. The summed E-state index contributed by atoms with van der Waals surface area (Å²) in [6, 6.07) is 4.36. The van der Waals surface area contributed by atoms with Crippen molar-refractivity contribution in [3.05, 3.63) is 42.5 Å². The maximum atomic E-state index is 4.49. The number of imidazole rings is 1. The van der Waals surface area contributed by atoms with Crippen molar-refractivity contribution >= 4 is 5.65 Å². The highest BCUT2D eigenvalue weighted by Crippen LogP contribution is 2.29. The number of rotatable bonds is 2. The molecule has 0 amide bonds. The average molecular weight is 281 g/mol. The van der Waals surface area contributed by atoms with Crippen LogP contribution in [0.1, 0.15) is 24.3 Å². The maximum absolute atomic E-state index is 4.49. The van der Waals surface area contributed by atoms with Crippen LogP contribution in [0.15, 0.2) is 36.9 Å². The minimum absolute atomic E-state index is 0.658. The van der Waals surface area contributed by atoms with E-state index in [4.69, 9.17) is 0 Å². The first-order valence-electron chi connectivity index (χ1n) is 7.46. The van der Waals surface area contributed by atoms with Gasteiger partial charge in [0.05, 0.1) is 18.1 Å². The van der Waals surface area contributed by atoms with Crippen LogP contribution in [0.25, 0.3) is 16.9 Å². The van der Waals surface area contributed by atoms with Gasteiger partial charge < -0.3 is 4.90 Å². The number of likely N-dealkylation sites (tertiary alicyclic amines) is 1. The monoisotopic (exact) mass is 281 g/mol. The standard InChI is InChI=1S/C16H19N5/c1-20-6-4-12(5-7-20)13-2-3-16-17-10-15(21(16)11-13)14-8-18-19-9-14/h2-3,8-12H,4-7H2,1H3,(H,18,19). The van der Waals surface area contributed by atoms with E-state index in [1.165, 1.54) is 31.5 Å². The van der Waals surface area contributed by atoms with E-state index in [0.717, 1.165) is 16.9 Å². The summed E-state index contributed by atoms with van der Waals surface area (Å²) < 4.78 is 2.18. The summed E-state index contributed by atoms with van der Waals surface area (Å²) in [4.78, 5) is 6.89. The molecule has 1 N–H and O–H groups in total. The van der Waals surface area contributed by atoms with Crippen LogP contribution in [0.3, 0.4) is 0 Å². The highest BCUT2D eigenvalue weighted by molar-refractivity contribution is 5.62. The van der Waals surface area contributed by atoms with Crippen LogP contribution >= 0.6 is 0 Å². The molecule has 4 rings (SSSR count). The first-order chi connectivity index (χ1) is 10.3. The van der Waals surface area contributed by atoms with Crippen LogP contribution in [0.5, 0.6) is 0 Å². The third kappa shape index (κ3) is 2.23. The molecule has 0 radical (unpaired) electrons. The minimum Gasteiger partial charge on any atom is -0.306 e. The Hall–Kier alpha value is -2.14. The van der Waals surface area contributed by atoms with E-state index in [2.05, 4.69) is 49.9 Å². The first kappa shape index (κ1) is 12.6. The van der Waals surface area contributed by atoms with Crippen LogP contribution < -0.4 is 0 Å². The van der Waals surface area contributed by atoms with Crippen molar-refractivity contribution in [2.24, 2.45) is 0 Å². The fourth-order valence-corrected chi connectivity index (χ4v) is 3.18. The van der Waals surface area contributed by atoms with Gasteiger partial charge >= 0.3 is 0 Å². The molecule has 0 aliphatic carbocycles. The number of nitrogens with one attached hydrogen (secondary N) is 1.